The second kappa shape index (κ2) is 11.1. The third kappa shape index (κ3) is 5.74. The van der Waals surface area contributed by atoms with Crippen LogP contribution in [0.2, 0.25) is 0 Å². The number of amides is 1. The van der Waals surface area contributed by atoms with Crippen LogP contribution in [0.5, 0.6) is 0 Å². The molecule has 0 aliphatic carbocycles. The maximum Gasteiger partial charge on any atom is 0.430 e. The lowest BCUT2D eigenvalue weighted by molar-refractivity contribution is -0.266. The van der Waals surface area contributed by atoms with E-state index in [-0.39, 0.29) is 31.6 Å². The molecule has 2 N–H and O–H groups in total. The standard InChI is InChI=1S/C22H26F3N3O6/c1-4-34-18(30)16(11-8-12-28-13-14(2)17(29)27-20(28)32)26-19(31)21(33-3,22(23,24)25)15-9-6-5-7-10-15/h5-7,9-10,13,16H,4,8,11-12H2,1-3H3,(H,26,31)(H,27,29,32)/t16?,21-/m0/s1. The van der Waals surface area contributed by atoms with Crippen molar-refractivity contribution < 1.29 is 32.2 Å². The van der Waals surface area contributed by atoms with Crippen LogP contribution in [0.15, 0.2) is 46.1 Å². The molecule has 12 heteroatoms. The maximum absolute atomic E-state index is 14.1. The third-order valence-electron chi connectivity index (χ3n) is 5.16. The van der Waals surface area contributed by atoms with Gasteiger partial charge < -0.3 is 19.4 Å². The molecule has 0 bridgehead atoms. The number of nitrogens with zero attached hydrogens (tertiary/aromatic N) is 1. The van der Waals surface area contributed by atoms with Crippen molar-refractivity contribution in [2.75, 3.05) is 13.7 Å². The molecule has 2 rings (SSSR count). The molecule has 1 heterocycles. The lowest BCUT2D eigenvalue weighted by Crippen LogP contribution is -2.58. The Labute approximate surface area is 192 Å². The van der Waals surface area contributed by atoms with Gasteiger partial charge in [-0.1, -0.05) is 30.3 Å². The Balaban J connectivity index is 2.29. The van der Waals surface area contributed by atoms with Crippen LogP contribution >= 0.6 is 0 Å². The summed E-state index contributed by atoms with van der Waals surface area (Å²) in [4.78, 5) is 50.9. The minimum Gasteiger partial charge on any atom is -0.464 e. The molecule has 0 aliphatic heterocycles. The number of esters is 1. The van der Waals surface area contributed by atoms with E-state index in [9.17, 15) is 32.3 Å². The number of aryl methyl sites for hydroxylation is 2. The van der Waals surface area contributed by atoms with E-state index in [0.29, 0.717) is 0 Å². The first-order valence-corrected chi connectivity index (χ1v) is 10.4. The van der Waals surface area contributed by atoms with Crippen LogP contribution in [0.4, 0.5) is 13.2 Å². The number of alkyl halides is 3. The molecule has 0 saturated carbocycles. The quantitative estimate of drug-likeness (QED) is 0.495. The molecule has 0 radical (unpaired) electrons. The summed E-state index contributed by atoms with van der Waals surface area (Å²) in [5.74, 6) is -2.51. The van der Waals surface area contributed by atoms with Gasteiger partial charge in [-0.3, -0.25) is 14.6 Å². The zero-order valence-electron chi connectivity index (χ0n) is 18.9. The van der Waals surface area contributed by atoms with Crippen LogP contribution < -0.4 is 16.6 Å². The Hall–Kier alpha value is -3.41. The Morgan fingerprint density at radius 2 is 1.82 bits per heavy atom. The predicted octanol–water partition coefficient (Wildman–Crippen LogP) is 1.78. The van der Waals surface area contributed by atoms with Gasteiger partial charge in [-0.25, -0.2) is 9.59 Å². The van der Waals surface area contributed by atoms with E-state index in [1.165, 1.54) is 42.8 Å². The van der Waals surface area contributed by atoms with Gasteiger partial charge in [0.15, 0.2) is 0 Å². The van der Waals surface area contributed by atoms with Gasteiger partial charge in [0.05, 0.1) is 6.61 Å². The number of aromatic nitrogens is 2. The molecule has 1 amide bonds. The molecule has 2 atom stereocenters. The van der Waals surface area contributed by atoms with Crippen LogP contribution in [-0.4, -0.2) is 47.4 Å². The van der Waals surface area contributed by atoms with Gasteiger partial charge >= 0.3 is 17.8 Å². The number of benzene rings is 1. The monoisotopic (exact) mass is 485 g/mol. The highest BCUT2D eigenvalue weighted by molar-refractivity contribution is 5.91. The summed E-state index contributed by atoms with van der Waals surface area (Å²) in [6.45, 7) is 2.99. The molecular formula is C22H26F3N3O6. The van der Waals surface area contributed by atoms with Gasteiger partial charge in [-0.2, -0.15) is 13.2 Å². The van der Waals surface area contributed by atoms with Gasteiger partial charge in [-0.05, 0) is 26.7 Å². The fourth-order valence-electron chi connectivity index (χ4n) is 3.42. The van der Waals surface area contributed by atoms with E-state index in [2.05, 4.69) is 10.3 Å². The van der Waals surface area contributed by atoms with Crippen molar-refractivity contribution in [1.82, 2.24) is 14.9 Å². The largest absolute Gasteiger partial charge is 0.464 e. The SMILES string of the molecule is CCOC(=O)C(CCCn1cc(C)c(=O)[nH]c1=O)NC(=O)[C@@](OC)(c1ccccc1)C(F)(F)F. The lowest BCUT2D eigenvalue weighted by atomic mass is 9.91. The molecular weight excluding hydrogens is 459 g/mol. The van der Waals surface area contributed by atoms with E-state index >= 15 is 0 Å². The molecule has 0 spiro atoms. The van der Waals surface area contributed by atoms with Gasteiger partial charge in [0, 0.05) is 31.0 Å². The number of rotatable bonds is 10. The summed E-state index contributed by atoms with van der Waals surface area (Å²) in [6, 6.07) is 4.90. The molecule has 34 heavy (non-hydrogen) atoms. The van der Waals surface area contributed by atoms with Crippen molar-refractivity contribution >= 4 is 11.9 Å². The maximum atomic E-state index is 14.1. The molecule has 0 saturated heterocycles. The molecule has 9 nitrogen and oxygen atoms in total. The number of carbonyl (C=O) groups excluding carboxylic acids is 2. The zero-order chi connectivity index (χ0) is 25.5. The van der Waals surface area contributed by atoms with Gasteiger partial charge in [0.1, 0.15) is 6.04 Å². The minimum atomic E-state index is -5.15. The van der Waals surface area contributed by atoms with E-state index < -0.39 is 46.5 Å². The molecule has 1 aromatic carbocycles. The highest BCUT2D eigenvalue weighted by atomic mass is 19.4. The molecule has 1 aromatic heterocycles. The summed E-state index contributed by atoms with van der Waals surface area (Å²) >= 11 is 0. The Bertz CT molecular complexity index is 1110. The first-order valence-electron chi connectivity index (χ1n) is 10.4. The van der Waals surface area contributed by atoms with Crippen molar-refractivity contribution in [2.45, 2.75) is 51.1 Å². The van der Waals surface area contributed by atoms with Crippen molar-refractivity contribution in [3.63, 3.8) is 0 Å². The molecule has 2 aromatic rings. The third-order valence-corrected chi connectivity index (χ3v) is 5.16. The number of hydrogen-bond donors (Lipinski definition) is 2. The Kier molecular flexibility index (Phi) is 8.80. The topological polar surface area (TPSA) is 119 Å². The summed E-state index contributed by atoms with van der Waals surface area (Å²) in [5, 5.41) is 2.12. The van der Waals surface area contributed by atoms with Crippen molar-refractivity contribution in [1.29, 1.82) is 0 Å². The van der Waals surface area contributed by atoms with Gasteiger partial charge in [-0.15, -0.1) is 0 Å². The van der Waals surface area contributed by atoms with Gasteiger partial charge in [0.25, 0.3) is 17.1 Å². The first-order chi connectivity index (χ1) is 16.0. The van der Waals surface area contributed by atoms with Crippen LogP contribution in [0.25, 0.3) is 0 Å². The highest BCUT2D eigenvalue weighted by Crippen LogP contribution is 2.42. The first kappa shape index (κ1) is 26.8. The van der Waals surface area contributed by atoms with Crippen molar-refractivity contribution in [3.05, 3.63) is 68.5 Å². The van der Waals surface area contributed by atoms with Gasteiger partial charge in [0.2, 0.25) is 0 Å². The summed E-state index contributed by atoms with van der Waals surface area (Å²) in [7, 11) is 0.754. The number of carbonyl (C=O) groups is 2. The normalized spacial score (nSPS) is 14.2. The number of H-pyrrole nitrogens is 1. The number of aromatic amines is 1. The number of nitrogens with one attached hydrogen (secondary N) is 2. The van der Waals surface area contributed by atoms with Crippen LogP contribution in [0.3, 0.4) is 0 Å². The molecule has 0 aliphatic rings. The van der Waals surface area contributed by atoms with Crippen molar-refractivity contribution in [3.8, 4) is 0 Å². The highest BCUT2D eigenvalue weighted by Gasteiger charge is 2.63. The average Bonchev–Trinajstić information content (AvgIpc) is 2.77. The number of methoxy groups -OCH3 is 1. The fourth-order valence-corrected chi connectivity index (χ4v) is 3.42. The predicted molar refractivity (Wildman–Crippen MR) is 115 cm³/mol. The number of ether oxygens (including phenoxy) is 2. The minimum absolute atomic E-state index is 0.0373. The average molecular weight is 485 g/mol. The van der Waals surface area contributed by atoms with Crippen LogP contribution in [0, 0.1) is 6.92 Å². The summed E-state index contributed by atoms with van der Waals surface area (Å²) in [6.07, 6.45) is -3.85. The Morgan fingerprint density at radius 3 is 2.38 bits per heavy atom. The molecule has 1 unspecified atom stereocenters. The Morgan fingerprint density at radius 1 is 1.18 bits per heavy atom. The second-order valence-electron chi connectivity index (χ2n) is 7.43. The van der Waals surface area contributed by atoms with Crippen LogP contribution in [-0.2, 0) is 31.2 Å². The fraction of sp³-hybridized carbons (Fsp3) is 0.455. The molecule has 186 valence electrons. The van der Waals surface area contributed by atoms with E-state index in [0.717, 1.165) is 19.2 Å². The lowest BCUT2D eigenvalue weighted by Gasteiger charge is -2.34. The van der Waals surface area contributed by atoms with Crippen molar-refractivity contribution in [2.24, 2.45) is 0 Å². The number of halogens is 3. The number of hydrogen-bond acceptors (Lipinski definition) is 6. The summed E-state index contributed by atoms with van der Waals surface area (Å²) < 4.78 is 53.2. The zero-order valence-corrected chi connectivity index (χ0v) is 18.9. The summed E-state index contributed by atoms with van der Waals surface area (Å²) in [5.41, 5.74) is -4.74. The smallest absolute Gasteiger partial charge is 0.430 e. The van der Waals surface area contributed by atoms with E-state index in [1.54, 1.807) is 0 Å². The molecule has 0 fully saturated rings. The second-order valence-corrected chi connectivity index (χ2v) is 7.43. The van der Waals surface area contributed by atoms with Crippen LogP contribution in [0.1, 0.15) is 30.9 Å². The van der Waals surface area contributed by atoms with E-state index in [4.69, 9.17) is 9.47 Å². The van der Waals surface area contributed by atoms with E-state index in [1.807, 2.05) is 0 Å².